The molecule has 4 aliphatic carbocycles. The van der Waals surface area contributed by atoms with Crippen LogP contribution in [0.1, 0.15) is 65.7 Å². The van der Waals surface area contributed by atoms with Gasteiger partial charge in [0.25, 0.3) is 0 Å². The Morgan fingerprint density at radius 2 is 1.82 bits per heavy atom. The maximum absolute atomic E-state index is 11.5. The fourth-order valence-corrected chi connectivity index (χ4v) is 8.85. The molecule has 4 nitrogen and oxygen atoms in total. The Labute approximate surface area is 176 Å². The topological polar surface area (TPSA) is 44.8 Å². The summed E-state index contributed by atoms with van der Waals surface area (Å²) in [6.45, 7) is 7.93. The molecule has 0 N–H and O–H groups in total. The van der Waals surface area contributed by atoms with Crippen LogP contribution < -0.4 is 0 Å². The number of rotatable bonds is 1. The van der Waals surface area contributed by atoms with Gasteiger partial charge >= 0.3 is 5.97 Å². The van der Waals surface area contributed by atoms with Gasteiger partial charge in [0.2, 0.25) is 0 Å². The van der Waals surface area contributed by atoms with Gasteiger partial charge in [-0.1, -0.05) is 41.4 Å². The second-order valence-corrected chi connectivity index (χ2v) is 11.3. The Balaban J connectivity index is 1.46. The van der Waals surface area contributed by atoms with E-state index >= 15 is 0 Å². The van der Waals surface area contributed by atoms with E-state index < -0.39 is 0 Å². The lowest BCUT2D eigenvalue weighted by Crippen LogP contribution is -2.57. The number of allylic oxidation sites excluding steroid dienone is 1. The summed E-state index contributed by atoms with van der Waals surface area (Å²) in [7, 11) is 0. The minimum atomic E-state index is -0.340. The van der Waals surface area contributed by atoms with Crippen LogP contribution in [-0.2, 0) is 19.0 Å². The summed E-state index contributed by atoms with van der Waals surface area (Å²) in [5, 5.41) is 0. The van der Waals surface area contributed by atoms with Gasteiger partial charge in [0, 0.05) is 30.0 Å². The van der Waals surface area contributed by atoms with E-state index in [-0.39, 0.29) is 28.7 Å². The van der Waals surface area contributed by atoms with Crippen LogP contribution in [0.15, 0.2) is 11.6 Å². The molecule has 1 spiro atoms. The van der Waals surface area contributed by atoms with E-state index in [1.807, 2.05) is 0 Å². The first-order valence-electron chi connectivity index (χ1n) is 11.1. The number of hydrogen-bond acceptors (Lipinski definition) is 4. The Hall–Kier alpha value is -0.390. The summed E-state index contributed by atoms with van der Waals surface area (Å²) in [6.07, 6.45) is 10.2. The fraction of sp³-hybridized carbons (Fsp3) is 0.870. The van der Waals surface area contributed by atoms with Crippen LogP contribution in [-0.4, -0.2) is 35.9 Å². The zero-order valence-electron chi connectivity index (χ0n) is 17.3. The zero-order chi connectivity index (χ0) is 19.7. The van der Waals surface area contributed by atoms with Gasteiger partial charge in [-0.3, -0.25) is 4.79 Å². The standard InChI is InChI=1S/C23H33BrO4/c1-14(25)28-16-4-7-21(2)15(12-16)13-19(24)20-17(21)5-8-22(3)18(20)6-9-23(22)26-10-11-27-23/h13,16-20H,4-12H2,1-3H3/t16-,17?,18?,19-,20?,21-,22-/m0/s1. The van der Waals surface area contributed by atoms with Gasteiger partial charge in [0.05, 0.1) is 13.2 Å². The molecule has 0 bridgehead atoms. The van der Waals surface area contributed by atoms with E-state index in [2.05, 4.69) is 35.9 Å². The average molecular weight is 453 g/mol. The Kier molecular flexibility index (Phi) is 4.58. The molecule has 0 aromatic heterocycles. The van der Waals surface area contributed by atoms with Gasteiger partial charge in [0.15, 0.2) is 5.79 Å². The summed E-state index contributed by atoms with van der Waals surface area (Å²) in [6, 6.07) is 0. The molecule has 3 saturated carbocycles. The van der Waals surface area contributed by atoms with E-state index in [1.54, 1.807) is 0 Å². The summed E-state index contributed by atoms with van der Waals surface area (Å²) >= 11 is 4.08. The van der Waals surface area contributed by atoms with E-state index in [9.17, 15) is 4.79 Å². The normalized spacial score (nSPS) is 49.1. The van der Waals surface area contributed by atoms with Crippen molar-refractivity contribution in [3.05, 3.63) is 11.6 Å². The molecule has 5 heteroatoms. The molecule has 0 amide bonds. The number of alkyl halides is 1. The number of carbonyl (C=O) groups excluding carboxylic acids is 1. The molecule has 1 heterocycles. The first-order chi connectivity index (χ1) is 13.3. The van der Waals surface area contributed by atoms with Crippen LogP contribution in [0.2, 0.25) is 0 Å². The van der Waals surface area contributed by atoms with Gasteiger partial charge in [-0.05, 0) is 55.3 Å². The lowest BCUT2D eigenvalue weighted by atomic mass is 9.47. The van der Waals surface area contributed by atoms with Gasteiger partial charge < -0.3 is 14.2 Å². The van der Waals surface area contributed by atoms with Crippen LogP contribution in [0.25, 0.3) is 0 Å². The first kappa shape index (κ1) is 19.6. The number of fused-ring (bicyclic) bond motifs is 6. The highest BCUT2D eigenvalue weighted by Crippen LogP contribution is 2.69. The predicted molar refractivity (Wildman–Crippen MR) is 110 cm³/mol. The molecule has 1 aliphatic heterocycles. The molecule has 0 aromatic carbocycles. The average Bonchev–Trinajstić information content (AvgIpc) is 3.23. The third kappa shape index (κ3) is 2.58. The monoisotopic (exact) mass is 452 g/mol. The van der Waals surface area contributed by atoms with E-state index in [0.717, 1.165) is 38.9 Å². The molecule has 5 aliphatic rings. The molecule has 0 aromatic rings. The fourth-order valence-electron chi connectivity index (χ4n) is 7.79. The molecule has 5 rings (SSSR count). The molecule has 4 fully saturated rings. The first-order valence-corrected chi connectivity index (χ1v) is 12.0. The highest BCUT2D eigenvalue weighted by Gasteiger charge is 2.67. The summed E-state index contributed by atoms with van der Waals surface area (Å²) < 4.78 is 18.1. The van der Waals surface area contributed by atoms with Gasteiger partial charge in [0.1, 0.15) is 6.10 Å². The van der Waals surface area contributed by atoms with Crippen LogP contribution >= 0.6 is 15.9 Å². The SMILES string of the molecule is CC(=O)O[C@H]1CC[C@@]2(C)C(=C[C@H](Br)C3C2CC[C@@]2(C)C3CCC23OCCO3)C1. The highest BCUT2D eigenvalue weighted by molar-refractivity contribution is 9.09. The molecule has 7 atom stereocenters. The summed E-state index contributed by atoms with van der Waals surface area (Å²) in [4.78, 5) is 11.8. The lowest BCUT2D eigenvalue weighted by Gasteiger charge is -2.59. The zero-order valence-corrected chi connectivity index (χ0v) is 18.9. The van der Waals surface area contributed by atoms with E-state index in [4.69, 9.17) is 14.2 Å². The smallest absolute Gasteiger partial charge is 0.302 e. The molecule has 1 saturated heterocycles. The number of hydrogen-bond donors (Lipinski definition) is 0. The van der Waals surface area contributed by atoms with Crippen LogP contribution in [0, 0.1) is 28.6 Å². The number of esters is 1. The lowest BCUT2D eigenvalue weighted by molar-refractivity contribution is -0.241. The predicted octanol–water partition coefficient (Wildman–Crippen LogP) is 5.00. The number of carbonyl (C=O) groups is 1. The van der Waals surface area contributed by atoms with Crippen LogP contribution in [0.4, 0.5) is 0 Å². The quantitative estimate of drug-likeness (QED) is 0.319. The van der Waals surface area contributed by atoms with Crippen molar-refractivity contribution in [2.75, 3.05) is 13.2 Å². The van der Waals surface area contributed by atoms with Crippen molar-refractivity contribution in [1.82, 2.24) is 0 Å². The Morgan fingerprint density at radius 1 is 1.11 bits per heavy atom. The Bertz CT molecular complexity index is 699. The van der Waals surface area contributed by atoms with Gasteiger partial charge in [-0.25, -0.2) is 0 Å². The summed E-state index contributed by atoms with van der Waals surface area (Å²) in [5.41, 5.74) is 1.87. The minimum absolute atomic E-state index is 0.0528. The number of halogens is 1. The van der Waals surface area contributed by atoms with Gasteiger partial charge in [-0.15, -0.1) is 0 Å². The third-order valence-electron chi connectivity index (χ3n) is 9.18. The molecule has 3 unspecified atom stereocenters. The summed E-state index contributed by atoms with van der Waals surface area (Å²) in [5.74, 6) is 1.46. The van der Waals surface area contributed by atoms with Crippen LogP contribution in [0.3, 0.4) is 0 Å². The molecular weight excluding hydrogens is 420 g/mol. The van der Waals surface area contributed by atoms with E-state index in [0.29, 0.717) is 22.6 Å². The maximum atomic E-state index is 11.5. The van der Waals surface area contributed by atoms with Crippen molar-refractivity contribution in [2.45, 2.75) is 82.4 Å². The van der Waals surface area contributed by atoms with Crippen molar-refractivity contribution < 1.29 is 19.0 Å². The minimum Gasteiger partial charge on any atom is -0.462 e. The maximum Gasteiger partial charge on any atom is 0.302 e. The second kappa shape index (κ2) is 6.55. The number of ether oxygens (including phenoxy) is 3. The largest absolute Gasteiger partial charge is 0.462 e. The molecule has 28 heavy (non-hydrogen) atoms. The van der Waals surface area contributed by atoms with Crippen molar-refractivity contribution in [3.8, 4) is 0 Å². The molecule has 0 radical (unpaired) electrons. The second-order valence-electron chi connectivity index (χ2n) is 10.3. The van der Waals surface area contributed by atoms with Crippen molar-refractivity contribution in [2.24, 2.45) is 28.6 Å². The highest BCUT2D eigenvalue weighted by atomic mass is 79.9. The van der Waals surface area contributed by atoms with Crippen molar-refractivity contribution >= 4 is 21.9 Å². The Morgan fingerprint density at radius 3 is 2.54 bits per heavy atom. The molecule has 156 valence electrons. The van der Waals surface area contributed by atoms with Crippen molar-refractivity contribution in [1.29, 1.82) is 0 Å². The van der Waals surface area contributed by atoms with Crippen LogP contribution in [0.5, 0.6) is 0 Å². The molecular formula is C23H33BrO4. The van der Waals surface area contributed by atoms with E-state index in [1.165, 1.54) is 31.8 Å². The third-order valence-corrected chi connectivity index (χ3v) is 10.1. The van der Waals surface area contributed by atoms with Gasteiger partial charge in [-0.2, -0.15) is 0 Å². The van der Waals surface area contributed by atoms with Crippen molar-refractivity contribution in [3.63, 3.8) is 0 Å².